The lowest BCUT2D eigenvalue weighted by Crippen LogP contribution is -2.50. The van der Waals surface area contributed by atoms with Gasteiger partial charge in [-0.05, 0) is 31.2 Å². The van der Waals surface area contributed by atoms with E-state index in [1.54, 1.807) is 24.3 Å². The number of benzene rings is 1. The lowest BCUT2D eigenvalue weighted by atomic mass is 9.84. The van der Waals surface area contributed by atoms with Gasteiger partial charge in [0.2, 0.25) is 6.10 Å². The number of ether oxygens (including phenoxy) is 2. The fourth-order valence-electron chi connectivity index (χ4n) is 3.22. The Balaban J connectivity index is 1.82. The molecule has 1 aliphatic heterocycles. The molecule has 1 saturated carbocycles. The third-order valence-corrected chi connectivity index (χ3v) is 4.52. The fraction of sp³-hybridized carbons (Fsp3) is 0.389. The van der Waals surface area contributed by atoms with Crippen LogP contribution in [0.25, 0.3) is 5.57 Å². The lowest BCUT2D eigenvalue weighted by Gasteiger charge is -2.34. The average Bonchev–Trinajstić information content (AvgIpc) is 2.98. The van der Waals surface area contributed by atoms with Crippen LogP contribution in [0.3, 0.4) is 0 Å². The number of carbonyl (C=O) groups is 3. The number of carbonyl (C=O) groups excluding carboxylic acids is 3. The zero-order chi connectivity index (χ0) is 17.2. The van der Waals surface area contributed by atoms with Crippen LogP contribution in [0.4, 0.5) is 0 Å². The number of hydrogen-bond acceptors (Lipinski definition) is 5. The van der Waals surface area contributed by atoms with Gasteiger partial charge in [0.1, 0.15) is 0 Å². The van der Waals surface area contributed by atoms with Crippen LogP contribution in [0.2, 0.25) is 0 Å². The normalized spacial score (nSPS) is 22.4. The van der Waals surface area contributed by atoms with E-state index >= 15 is 0 Å². The number of primary amides is 1. The maximum Gasteiger partial charge on any atom is 0.353 e. The minimum Gasteiger partial charge on any atom is -0.446 e. The molecular formula is C18H19NO5. The SMILES string of the molecule is NC(=O)C1(OC(=O)C2OC(=O)C=C2c2ccccc2)CCCCC1. The average molecular weight is 329 g/mol. The van der Waals surface area contributed by atoms with Gasteiger partial charge in [-0.3, -0.25) is 4.79 Å². The minimum absolute atomic E-state index is 0.402. The number of cyclic esters (lactones) is 1. The molecule has 0 aromatic heterocycles. The molecule has 1 aliphatic carbocycles. The molecule has 2 N–H and O–H groups in total. The van der Waals surface area contributed by atoms with Gasteiger partial charge in [-0.15, -0.1) is 0 Å². The molecule has 1 unspecified atom stereocenters. The summed E-state index contributed by atoms with van der Waals surface area (Å²) in [4.78, 5) is 36.1. The quantitative estimate of drug-likeness (QED) is 0.849. The van der Waals surface area contributed by atoms with Gasteiger partial charge in [0.25, 0.3) is 5.91 Å². The Morgan fingerprint density at radius 1 is 1.12 bits per heavy atom. The second-order valence-corrected chi connectivity index (χ2v) is 6.12. The topological polar surface area (TPSA) is 95.7 Å². The third-order valence-electron chi connectivity index (χ3n) is 4.52. The molecule has 1 heterocycles. The Labute approximate surface area is 139 Å². The fourth-order valence-corrected chi connectivity index (χ4v) is 3.22. The number of esters is 2. The van der Waals surface area contributed by atoms with E-state index in [9.17, 15) is 14.4 Å². The molecule has 24 heavy (non-hydrogen) atoms. The monoisotopic (exact) mass is 329 g/mol. The van der Waals surface area contributed by atoms with Crippen molar-refractivity contribution in [1.29, 1.82) is 0 Å². The molecule has 1 fully saturated rings. The smallest absolute Gasteiger partial charge is 0.353 e. The van der Waals surface area contributed by atoms with Crippen molar-refractivity contribution in [1.82, 2.24) is 0 Å². The molecule has 1 aromatic rings. The van der Waals surface area contributed by atoms with Gasteiger partial charge in [0, 0.05) is 11.6 Å². The molecule has 6 nitrogen and oxygen atoms in total. The Kier molecular flexibility index (Phi) is 4.38. The highest BCUT2D eigenvalue weighted by atomic mass is 16.6. The van der Waals surface area contributed by atoms with Crippen LogP contribution in [0, 0.1) is 0 Å². The highest BCUT2D eigenvalue weighted by molar-refractivity contribution is 6.06. The van der Waals surface area contributed by atoms with Gasteiger partial charge < -0.3 is 15.2 Å². The highest BCUT2D eigenvalue weighted by Gasteiger charge is 2.45. The number of hydrogen-bond donors (Lipinski definition) is 1. The molecule has 0 spiro atoms. The number of nitrogens with two attached hydrogens (primary N) is 1. The van der Waals surface area contributed by atoms with Crippen molar-refractivity contribution < 1.29 is 23.9 Å². The van der Waals surface area contributed by atoms with E-state index in [0.29, 0.717) is 24.0 Å². The van der Waals surface area contributed by atoms with Crippen molar-refractivity contribution in [3.63, 3.8) is 0 Å². The van der Waals surface area contributed by atoms with Crippen molar-refractivity contribution in [3.8, 4) is 0 Å². The first-order chi connectivity index (χ1) is 11.5. The second kappa shape index (κ2) is 6.47. The molecule has 0 radical (unpaired) electrons. The first-order valence-electron chi connectivity index (χ1n) is 8.02. The minimum atomic E-state index is -1.30. The molecule has 126 valence electrons. The van der Waals surface area contributed by atoms with E-state index in [1.807, 2.05) is 6.07 Å². The van der Waals surface area contributed by atoms with E-state index < -0.39 is 29.6 Å². The van der Waals surface area contributed by atoms with Gasteiger partial charge in [-0.2, -0.15) is 0 Å². The second-order valence-electron chi connectivity index (χ2n) is 6.12. The van der Waals surface area contributed by atoms with Gasteiger partial charge in [-0.1, -0.05) is 36.8 Å². The molecule has 2 aliphatic rings. The van der Waals surface area contributed by atoms with Crippen LogP contribution in [0.15, 0.2) is 36.4 Å². The van der Waals surface area contributed by atoms with Gasteiger partial charge in [0.05, 0.1) is 0 Å². The largest absolute Gasteiger partial charge is 0.446 e. The molecule has 1 aromatic carbocycles. The van der Waals surface area contributed by atoms with Gasteiger partial charge in [-0.25, -0.2) is 9.59 Å². The summed E-state index contributed by atoms with van der Waals surface area (Å²) in [6, 6.07) is 8.98. The van der Waals surface area contributed by atoms with E-state index in [-0.39, 0.29) is 0 Å². The molecule has 0 saturated heterocycles. The van der Waals surface area contributed by atoms with Crippen molar-refractivity contribution >= 4 is 23.4 Å². The molecule has 1 amide bonds. The van der Waals surface area contributed by atoms with E-state index in [0.717, 1.165) is 19.3 Å². The standard InChI is InChI=1S/C18H19NO5/c19-17(22)18(9-5-2-6-10-18)24-16(21)15-13(11-14(20)23-15)12-7-3-1-4-8-12/h1,3-4,7-8,11,15H,2,5-6,9-10H2,(H2,19,22). The maximum absolute atomic E-state index is 12.6. The third kappa shape index (κ3) is 3.04. The van der Waals surface area contributed by atoms with Crippen LogP contribution in [0.1, 0.15) is 37.7 Å². The lowest BCUT2D eigenvalue weighted by molar-refractivity contribution is -0.179. The zero-order valence-corrected chi connectivity index (χ0v) is 13.2. The Bertz CT molecular complexity index is 689. The molecule has 6 heteroatoms. The van der Waals surface area contributed by atoms with Crippen molar-refractivity contribution in [2.75, 3.05) is 0 Å². The summed E-state index contributed by atoms with van der Waals surface area (Å²) in [5.41, 5.74) is 5.31. The predicted octanol–water partition coefficient (Wildman–Crippen LogP) is 1.73. The molecular weight excluding hydrogens is 310 g/mol. The zero-order valence-electron chi connectivity index (χ0n) is 13.2. The molecule has 0 bridgehead atoms. The Morgan fingerprint density at radius 2 is 1.79 bits per heavy atom. The first kappa shape index (κ1) is 16.2. The van der Waals surface area contributed by atoms with Crippen LogP contribution in [0.5, 0.6) is 0 Å². The predicted molar refractivity (Wildman–Crippen MR) is 85.4 cm³/mol. The van der Waals surface area contributed by atoms with E-state index in [1.165, 1.54) is 6.08 Å². The summed E-state index contributed by atoms with van der Waals surface area (Å²) in [6.45, 7) is 0. The van der Waals surface area contributed by atoms with Crippen LogP contribution in [-0.4, -0.2) is 29.6 Å². The Morgan fingerprint density at radius 3 is 2.42 bits per heavy atom. The van der Waals surface area contributed by atoms with E-state index in [2.05, 4.69) is 0 Å². The summed E-state index contributed by atoms with van der Waals surface area (Å²) >= 11 is 0. The van der Waals surface area contributed by atoms with Crippen molar-refractivity contribution in [2.24, 2.45) is 5.73 Å². The van der Waals surface area contributed by atoms with Crippen LogP contribution < -0.4 is 5.73 Å². The number of rotatable bonds is 4. The van der Waals surface area contributed by atoms with E-state index in [4.69, 9.17) is 15.2 Å². The van der Waals surface area contributed by atoms with Gasteiger partial charge in [0.15, 0.2) is 5.60 Å². The summed E-state index contributed by atoms with van der Waals surface area (Å²) in [5.74, 6) is -2.01. The van der Waals surface area contributed by atoms with Crippen molar-refractivity contribution in [2.45, 2.75) is 43.8 Å². The highest BCUT2D eigenvalue weighted by Crippen LogP contribution is 2.34. The number of amides is 1. The summed E-state index contributed by atoms with van der Waals surface area (Å²) in [7, 11) is 0. The van der Waals surface area contributed by atoms with Crippen LogP contribution in [-0.2, 0) is 23.9 Å². The molecule has 3 rings (SSSR count). The van der Waals surface area contributed by atoms with Crippen molar-refractivity contribution in [3.05, 3.63) is 42.0 Å². The first-order valence-corrected chi connectivity index (χ1v) is 8.02. The van der Waals surface area contributed by atoms with Crippen LogP contribution >= 0.6 is 0 Å². The summed E-state index contributed by atoms with van der Waals surface area (Å²) in [5, 5.41) is 0. The summed E-state index contributed by atoms with van der Waals surface area (Å²) < 4.78 is 10.6. The maximum atomic E-state index is 12.6. The molecule has 1 atom stereocenters. The Hall–Kier alpha value is -2.63. The van der Waals surface area contributed by atoms with Gasteiger partial charge >= 0.3 is 11.9 Å². The summed E-state index contributed by atoms with van der Waals surface area (Å²) in [6.07, 6.45) is 3.42.